The Hall–Kier alpha value is -2.70. The lowest BCUT2D eigenvalue weighted by molar-refractivity contribution is 0.804. The first kappa shape index (κ1) is 20.6. The van der Waals surface area contributed by atoms with Crippen molar-refractivity contribution in [1.29, 1.82) is 5.26 Å². The quantitative estimate of drug-likeness (QED) is 0.289. The monoisotopic (exact) mass is 450 g/mol. The predicted octanol–water partition coefficient (Wildman–Crippen LogP) is 8.02. The Balaban J connectivity index is 1.88. The van der Waals surface area contributed by atoms with Crippen LogP contribution in [0.3, 0.4) is 0 Å². The van der Waals surface area contributed by atoms with Crippen LogP contribution in [0.15, 0.2) is 66.7 Å². The van der Waals surface area contributed by atoms with Gasteiger partial charge < -0.3 is 4.57 Å². The molecule has 1 aromatic heterocycles. The molecule has 3 aromatic carbocycles. The second kappa shape index (κ2) is 8.58. The first-order chi connectivity index (χ1) is 14.5. The lowest BCUT2D eigenvalue weighted by Gasteiger charge is -2.10. The largest absolute Gasteiger partial charge is 0.340 e. The molecule has 4 rings (SSSR count). The molecule has 0 saturated heterocycles. The fourth-order valence-electron chi connectivity index (χ4n) is 3.63. The first-order valence-corrected chi connectivity index (χ1v) is 10.5. The second-order valence-electron chi connectivity index (χ2n) is 6.99. The Bertz CT molecular complexity index is 1330. The molecule has 0 spiro atoms. The van der Waals surface area contributed by atoms with E-state index < -0.39 is 0 Å². The molecule has 0 radical (unpaired) electrons. The zero-order chi connectivity index (χ0) is 21.3. The van der Waals surface area contributed by atoms with E-state index in [1.807, 2.05) is 48.5 Å². The number of halogens is 3. The summed E-state index contributed by atoms with van der Waals surface area (Å²) in [5.41, 5.74) is 5.45. The third kappa shape index (κ3) is 3.85. The highest BCUT2D eigenvalue weighted by Crippen LogP contribution is 2.32. The van der Waals surface area contributed by atoms with Crippen LogP contribution >= 0.6 is 34.8 Å². The van der Waals surface area contributed by atoms with E-state index in [0.717, 1.165) is 38.3 Å². The molecular weight excluding hydrogens is 435 g/mol. The first-order valence-electron chi connectivity index (χ1n) is 9.38. The fourth-order valence-corrected chi connectivity index (χ4v) is 4.12. The number of para-hydroxylation sites is 1. The summed E-state index contributed by atoms with van der Waals surface area (Å²) < 4.78 is 2.23. The molecule has 0 saturated carbocycles. The molecule has 0 fully saturated rings. The highest BCUT2D eigenvalue weighted by Gasteiger charge is 2.15. The predicted molar refractivity (Wildman–Crippen MR) is 127 cm³/mol. The average Bonchev–Trinajstić information content (AvgIpc) is 3.01. The summed E-state index contributed by atoms with van der Waals surface area (Å²) >= 11 is 18.6. The summed E-state index contributed by atoms with van der Waals surface area (Å²) in [6, 6.07) is 23.6. The number of fused-ring (bicyclic) bond motifs is 1. The van der Waals surface area contributed by atoms with Crippen molar-refractivity contribution in [3.05, 3.63) is 104 Å². The van der Waals surface area contributed by atoms with Crippen molar-refractivity contribution in [3.8, 4) is 6.07 Å². The van der Waals surface area contributed by atoms with E-state index in [1.54, 1.807) is 12.1 Å². The minimum Gasteiger partial charge on any atom is -0.340 e. The Kier molecular flexibility index (Phi) is 5.88. The maximum Gasteiger partial charge on any atom is 0.0998 e. The van der Waals surface area contributed by atoms with Crippen LogP contribution in [-0.4, -0.2) is 4.57 Å². The third-order valence-corrected chi connectivity index (χ3v) is 6.31. The van der Waals surface area contributed by atoms with Gasteiger partial charge in [0.15, 0.2) is 0 Å². The topological polar surface area (TPSA) is 28.7 Å². The van der Waals surface area contributed by atoms with E-state index in [4.69, 9.17) is 34.8 Å². The maximum absolute atomic E-state index is 9.82. The van der Waals surface area contributed by atoms with Gasteiger partial charge in [0.2, 0.25) is 0 Å². The molecule has 0 N–H and O–H groups in total. The van der Waals surface area contributed by atoms with Crippen molar-refractivity contribution in [1.82, 2.24) is 4.57 Å². The number of allylic oxidation sites excluding steroid dienone is 1. The van der Waals surface area contributed by atoms with Gasteiger partial charge in [-0.1, -0.05) is 77.3 Å². The zero-order valence-corrected chi connectivity index (χ0v) is 18.4. The van der Waals surface area contributed by atoms with Crippen LogP contribution in [0.1, 0.15) is 22.4 Å². The van der Waals surface area contributed by atoms with Gasteiger partial charge in [-0.3, -0.25) is 0 Å². The fraction of sp³-hybridized carbons (Fsp3) is 0.0800. The van der Waals surface area contributed by atoms with Crippen LogP contribution in [-0.2, 0) is 6.54 Å². The molecule has 2 nitrogen and oxygen atoms in total. The Morgan fingerprint density at radius 2 is 1.67 bits per heavy atom. The number of benzene rings is 3. The van der Waals surface area contributed by atoms with Crippen molar-refractivity contribution in [2.75, 3.05) is 0 Å². The van der Waals surface area contributed by atoms with E-state index in [9.17, 15) is 5.26 Å². The van der Waals surface area contributed by atoms with Gasteiger partial charge >= 0.3 is 0 Å². The van der Waals surface area contributed by atoms with E-state index in [0.29, 0.717) is 22.2 Å². The van der Waals surface area contributed by atoms with Gasteiger partial charge in [-0.15, -0.1) is 0 Å². The summed E-state index contributed by atoms with van der Waals surface area (Å²) in [5, 5.41) is 12.5. The van der Waals surface area contributed by atoms with Crippen LogP contribution < -0.4 is 0 Å². The molecule has 30 heavy (non-hydrogen) atoms. The summed E-state index contributed by atoms with van der Waals surface area (Å²) in [7, 11) is 0. The number of hydrogen-bond acceptors (Lipinski definition) is 1. The number of aromatic nitrogens is 1. The van der Waals surface area contributed by atoms with Gasteiger partial charge in [0, 0.05) is 33.7 Å². The van der Waals surface area contributed by atoms with Gasteiger partial charge in [0.05, 0.1) is 21.7 Å². The SMILES string of the molecule is Cc1c(/C=C(\C#N)c2ccc(Cl)c(Cl)c2)c2ccccc2n1Cc1ccccc1Cl. The normalized spacial score (nSPS) is 11.6. The van der Waals surface area contributed by atoms with E-state index in [2.05, 4.69) is 29.7 Å². The molecule has 0 aliphatic carbocycles. The molecule has 1 heterocycles. The van der Waals surface area contributed by atoms with E-state index in [1.165, 1.54) is 0 Å². The summed E-state index contributed by atoms with van der Waals surface area (Å²) in [6.07, 6.45) is 1.92. The van der Waals surface area contributed by atoms with Crippen LogP contribution in [0.5, 0.6) is 0 Å². The van der Waals surface area contributed by atoms with Crippen molar-refractivity contribution >= 4 is 57.4 Å². The lowest BCUT2D eigenvalue weighted by atomic mass is 10.0. The van der Waals surface area contributed by atoms with Gasteiger partial charge in [-0.05, 0) is 48.4 Å². The standard InChI is InChI=1S/C25H17Cl3N2/c1-16-21(12-19(14-29)17-10-11-23(27)24(28)13-17)20-7-3-5-9-25(20)30(16)15-18-6-2-4-8-22(18)26/h2-13H,15H2,1H3/b19-12+. The van der Waals surface area contributed by atoms with Gasteiger partial charge in [-0.2, -0.15) is 5.26 Å². The minimum atomic E-state index is 0.424. The molecule has 0 bridgehead atoms. The minimum absolute atomic E-state index is 0.424. The molecule has 0 amide bonds. The average molecular weight is 452 g/mol. The van der Waals surface area contributed by atoms with Crippen molar-refractivity contribution in [2.24, 2.45) is 0 Å². The van der Waals surface area contributed by atoms with Crippen molar-refractivity contribution in [3.63, 3.8) is 0 Å². The van der Waals surface area contributed by atoms with Crippen LogP contribution in [0.2, 0.25) is 15.1 Å². The highest BCUT2D eigenvalue weighted by molar-refractivity contribution is 6.42. The Labute approximate surface area is 190 Å². The molecule has 0 unspecified atom stereocenters. The van der Waals surface area contributed by atoms with E-state index in [-0.39, 0.29) is 0 Å². The number of rotatable bonds is 4. The van der Waals surface area contributed by atoms with Crippen LogP contribution in [0, 0.1) is 18.3 Å². The molecule has 148 valence electrons. The smallest absolute Gasteiger partial charge is 0.0998 e. The van der Waals surface area contributed by atoms with Crippen LogP contribution in [0.4, 0.5) is 0 Å². The number of nitrogens with zero attached hydrogens (tertiary/aromatic N) is 2. The number of hydrogen-bond donors (Lipinski definition) is 0. The third-order valence-electron chi connectivity index (χ3n) is 5.21. The molecule has 0 aliphatic heterocycles. The van der Waals surface area contributed by atoms with Crippen molar-refractivity contribution < 1.29 is 0 Å². The molecule has 4 aromatic rings. The Morgan fingerprint density at radius 3 is 2.40 bits per heavy atom. The zero-order valence-electron chi connectivity index (χ0n) is 16.2. The molecule has 0 atom stereocenters. The lowest BCUT2D eigenvalue weighted by Crippen LogP contribution is -2.02. The highest BCUT2D eigenvalue weighted by atomic mass is 35.5. The van der Waals surface area contributed by atoms with Crippen molar-refractivity contribution in [2.45, 2.75) is 13.5 Å². The van der Waals surface area contributed by atoms with E-state index >= 15 is 0 Å². The summed E-state index contributed by atoms with van der Waals surface area (Å²) in [6.45, 7) is 2.71. The van der Waals surface area contributed by atoms with Gasteiger partial charge in [0.1, 0.15) is 0 Å². The summed E-state index contributed by atoms with van der Waals surface area (Å²) in [5.74, 6) is 0. The summed E-state index contributed by atoms with van der Waals surface area (Å²) in [4.78, 5) is 0. The molecular formula is C25H17Cl3N2. The van der Waals surface area contributed by atoms with Gasteiger partial charge in [0.25, 0.3) is 0 Å². The molecule has 5 heteroatoms. The van der Waals surface area contributed by atoms with Crippen LogP contribution in [0.25, 0.3) is 22.6 Å². The number of nitriles is 1. The second-order valence-corrected chi connectivity index (χ2v) is 8.21. The molecule has 0 aliphatic rings. The van der Waals surface area contributed by atoms with Gasteiger partial charge in [-0.25, -0.2) is 0 Å². The Morgan fingerprint density at radius 1 is 0.933 bits per heavy atom. The maximum atomic E-state index is 9.82.